The van der Waals surface area contributed by atoms with Crippen molar-refractivity contribution in [1.29, 1.82) is 0 Å². The molecule has 1 aliphatic rings. The number of hydrogen-bond acceptors (Lipinski definition) is 3. The van der Waals surface area contributed by atoms with E-state index in [9.17, 15) is 8.42 Å². The molecule has 4 nitrogen and oxygen atoms in total. The van der Waals surface area contributed by atoms with Crippen molar-refractivity contribution >= 4 is 10.0 Å². The molecule has 1 aromatic carbocycles. The van der Waals surface area contributed by atoms with Crippen molar-refractivity contribution in [2.45, 2.75) is 31.6 Å². The Balaban J connectivity index is 2.10. The lowest BCUT2D eigenvalue weighted by atomic mass is 10.1. The normalized spacial score (nSPS) is 23.3. The predicted molar refractivity (Wildman–Crippen MR) is 72.6 cm³/mol. The van der Waals surface area contributed by atoms with Gasteiger partial charge in [0.25, 0.3) is 0 Å². The third-order valence-corrected chi connectivity index (χ3v) is 5.84. The van der Waals surface area contributed by atoms with Gasteiger partial charge in [-0.3, -0.25) is 0 Å². The summed E-state index contributed by atoms with van der Waals surface area (Å²) in [4.78, 5) is 0. The minimum absolute atomic E-state index is 0.216. The molecule has 18 heavy (non-hydrogen) atoms. The standard InChI is InChI=1S/C13H20N2O2S/c1-2-11-3-5-12(6-4-11)10-15-8-7-13(9-14)18(15,16)17/h3-6,13H,2,7-10,14H2,1H3/t13-/m1/s1. The van der Waals surface area contributed by atoms with Crippen LogP contribution in [-0.4, -0.2) is 31.1 Å². The van der Waals surface area contributed by atoms with E-state index >= 15 is 0 Å². The van der Waals surface area contributed by atoms with Gasteiger partial charge in [-0.15, -0.1) is 0 Å². The lowest BCUT2D eigenvalue weighted by Crippen LogP contribution is -2.32. The zero-order valence-corrected chi connectivity index (χ0v) is 11.5. The molecule has 1 saturated heterocycles. The van der Waals surface area contributed by atoms with Crippen LogP contribution in [-0.2, 0) is 23.0 Å². The van der Waals surface area contributed by atoms with Crippen molar-refractivity contribution in [1.82, 2.24) is 4.31 Å². The topological polar surface area (TPSA) is 63.4 Å². The average molecular weight is 268 g/mol. The highest BCUT2D eigenvalue weighted by molar-refractivity contribution is 7.90. The molecule has 1 aliphatic heterocycles. The van der Waals surface area contributed by atoms with Gasteiger partial charge >= 0.3 is 0 Å². The Hall–Kier alpha value is -0.910. The first-order chi connectivity index (χ1) is 8.57. The molecular formula is C13H20N2O2S. The van der Waals surface area contributed by atoms with E-state index in [4.69, 9.17) is 5.73 Å². The van der Waals surface area contributed by atoms with Crippen molar-refractivity contribution in [2.24, 2.45) is 5.73 Å². The fourth-order valence-corrected chi connectivity index (χ4v) is 4.02. The van der Waals surface area contributed by atoms with Gasteiger partial charge in [-0.1, -0.05) is 31.2 Å². The summed E-state index contributed by atoms with van der Waals surface area (Å²) < 4.78 is 25.7. The molecule has 0 unspecified atom stereocenters. The molecule has 1 aromatic rings. The highest BCUT2D eigenvalue weighted by Crippen LogP contribution is 2.23. The number of hydrogen-bond donors (Lipinski definition) is 1. The van der Waals surface area contributed by atoms with E-state index in [0.717, 1.165) is 12.0 Å². The molecule has 0 aliphatic carbocycles. The van der Waals surface area contributed by atoms with Crippen LogP contribution >= 0.6 is 0 Å². The zero-order chi connectivity index (χ0) is 13.2. The lowest BCUT2D eigenvalue weighted by Gasteiger charge is -2.16. The van der Waals surface area contributed by atoms with Crippen molar-refractivity contribution in [3.05, 3.63) is 35.4 Å². The van der Waals surface area contributed by atoms with Gasteiger partial charge in [0.15, 0.2) is 0 Å². The summed E-state index contributed by atoms with van der Waals surface area (Å²) in [6.45, 7) is 3.36. The number of aryl methyl sites for hydroxylation is 1. The molecular weight excluding hydrogens is 248 g/mol. The van der Waals surface area contributed by atoms with Crippen LogP contribution in [0.4, 0.5) is 0 Å². The first kappa shape index (κ1) is 13.5. The molecule has 2 rings (SSSR count). The van der Waals surface area contributed by atoms with E-state index in [1.54, 1.807) is 4.31 Å². The summed E-state index contributed by atoms with van der Waals surface area (Å²) in [6.07, 6.45) is 1.64. The molecule has 0 aromatic heterocycles. The predicted octanol–water partition coefficient (Wildman–Crippen LogP) is 1.11. The molecule has 0 radical (unpaired) electrons. The fraction of sp³-hybridized carbons (Fsp3) is 0.538. The van der Waals surface area contributed by atoms with E-state index < -0.39 is 15.3 Å². The molecule has 1 atom stereocenters. The van der Waals surface area contributed by atoms with Crippen LogP contribution in [0.15, 0.2) is 24.3 Å². The smallest absolute Gasteiger partial charge is 0.218 e. The molecule has 100 valence electrons. The number of rotatable bonds is 4. The first-order valence-corrected chi connectivity index (χ1v) is 7.85. The van der Waals surface area contributed by atoms with Crippen LogP contribution in [0, 0.1) is 0 Å². The number of benzene rings is 1. The minimum atomic E-state index is -3.18. The Kier molecular flexibility index (Phi) is 4.04. The van der Waals surface area contributed by atoms with Crippen LogP contribution in [0.3, 0.4) is 0 Å². The van der Waals surface area contributed by atoms with Gasteiger partial charge in [0.2, 0.25) is 10.0 Å². The highest BCUT2D eigenvalue weighted by Gasteiger charge is 2.37. The van der Waals surface area contributed by atoms with Gasteiger partial charge in [-0.25, -0.2) is 8.42 Å². The van der Waals surface area contributed by atoms with Crippen LogP contribution < -0.4 is 5.73 Å². The summed E-state index contributed by atoms with van der Waals surface area (Å²) in [5.41, 5.74) is 7.80. The maximum atomic E-state index is 12.1. The fourth-order valence-electron chi connectivity index (χ4n) is 2.27. The lowest BCUT2D eigenvalue weighted by molar-refractivity contribution is 0.439. The molecule has 1 heterocycles. The molecule has 0 amide bonds. The Morgan fingerprint density at radius 2 is 1.89 bits per heavy atom. The number of sulfonamides is 1. The Bertz CT molecular complexity index is 496. The maximum absolute atomic E-state index is 12.1. The number of nitrogens with two attached hydrogens (primary N) is 1. The monoisotopic (exact) mass is 268 g/mol. The van der Waals surface area contributed by atoms with Gasteiger partial charge in [-0.05, 0) is 24.0 Å². The zero-order valence-electron chi connectivity index (χ0n) is 10.7. The van der Waals surface area contributed by atoms with Crippen LogP contribution in [0.1, 0.15) is 24.5 Å². The summed E-state index contributed by atoms with van der Waals surface area (Å²) in [6, 6.07) is 8.12. The van der Waals surface area contributed by atoms with E-state index in [1.807, 2.05) is 12.1 Å². The molecule has 1 fully saturated rings. The Labute approximate surface area is 109 Å². The van der Waals surface area contributed by atoms with Gasteiger partial charge in [0.1, 0.15) is 0 Å². The highest BCUT2D eigenvalue weighted by atomic mass is 32.2. The minimum Gasteiger partial charge on any atom is -0.329 e. The molecule has 5 heteroatoms. The second-order valence-electron chi connectivity index (χ2n) is 4.69. The van der Waals surface area contributed by atoms with Crippen LogP contribution in [0.5, 0.6) is 0 Å². The van der Waals surface area contributed by atoms with Crippen LogP contribution in [0.25, 0.3) is 0 Å². The van der Waals surface area contributed by atoms with Gasteiger partial charge < -0.3 is 5.73 Å². The van der Waals surface area contributed by atoms with E-state index in [2.05, 4.69) is 19.1 Å². The molecule has 0 saturated carbocycles. The third kappa shape index (κ3) is 2.58. The maximum Gasteiger partial charge on any atom is 0.218 e. The number of nitrogens with zero attached hydrogens (tertiary/aromatic N) is 1. The van der Waals surface area contributed by atoms with Crippen LogP contribution in [0.2, 0.25) is 0 Å². The molecule has 2 N–H and O–H groups in total. The third-order valence-electron chi connectivity index (χ3n) is 3.53. The van der Waals surface area contributed by atoms with Gasteiger partial charge in [-0.2, -0.15) is 4.31 Å². The van der Waals surface area contributed by atoms with E-state index in [-0.39, 0.29) is 6.54 Å². The SMILES string of the molecule is CCc1ccc(CN2CC[C@H](CN)S2(=O)=O)cc1. The molecule has 0 bridgehead atoms. The van der Waals surface area contributed by atoms with Gasteiger partial charge in [0, 0.05) is 19.6 Å². The quantitative estimate of drug-likeness (QED) is 0.890. The summed E-state index contributed by atoms with van der Waals surface area (Å²) in [5.74, 6) is 0. The average Bonchev–Trinajstić information content (AvgIpc) is 2.65. The Morgan fingerprint density at radius 1 is 1.28 bits per heavy atom. The van der Waals surface area contributed by atoms with Crippen molar-refractivity contribution in [3.63, 3.8) is 0 Å². The second-order valence-corrected chi connectivity index (χ2v) is 6.91. The van der Waals surface area contributed by atoms with Crippen molar-refractivity contribution in [3.8, 4) is 0 Å². The largest absolute Gasteiger partial charge is 0.329 e. The summed E-state index contributed by atoms with van der Waals surface area (Å²) >= 11 is 0. The van der Waals surface area contributed by atoms with Gasteiger partial charge in [0.05, 0.1) is 5.25 Å². The van der Waals surface area contributed by atoms with E-state index in [0.29, 0.717) is 19.5 Å². The van der Waals surface area contributed by atoms with E-state index in [1.165, 1.54) is 5.56 Å². The Morgan fingerprint density at radius 3 is 2.39 bits per heavy atom. The molecule has 0 spiro atoms. The first-order valence-electron chi connectivity index (χ1n) is 6.34. The van der Waals surface area contributed by atoms with Crippen molar-refractivity contribution in [2.75, 3.05) is 13.1 Å². The summed E-state index contributed by atoms with van der Waals surface area (Å²) in [5, 5.41) is -0.396. The second kappa shape index (κ2) is 5.38. The summed E-state index contributed by atoms with van der Waals surface area (Å²) in [7, 11) is -3.18. The van der Waals surface area contributed by atoms with Crippen molar-refractivity contribution < 1.29 is 8.42 Å².